The average molecular weight is 248 g/mol. The maximum Gasteiger partial charge on any atom is 0.267 e. The molecule has 0 atom stereocenters. The summed E-state index contributed by atoms with van der Waals surface area (Å²) in [6, 6.07) is 1.63. The lowest BCUT2D eigenvalue weighted by molar-refractivity contribution is 0.0991. The monoisotopic (exact) mass is 248 g/mol. The molecule has 1 amide bonds. The van der Waals surface area contributed by atoms with Crippen molar-refractivity contribution in [2.45, 2.75) is 13.5 Å². The van der Waals surface area contributed by atoms with Gasteiger partial charge in [-0.2, -0.15) is 10.2 Å². The summed E-state index contributed by atoms with van der Waals surface area (Å²) >= 11 is 0. The van der Waals surface area contributed by atoms with Crippen molar-refractivity contribution < 1.29 is 4.79 Å². The van der Waals surface area contributed by atoms with Gasteiger partial charge in [-0.1, -0.05) is 0 Å². The van der Waals surface area contributed by atoms with Crippen LogP contribution in [0.5, 0.6) is 0 Å². The minimum absolute atomic E-state index is 0.374. The lowest BCUT2D eigenvalue weighted by atomic mass is 10.3. The maximum absolute atomic E-state index is 11.1. The Labute approximate surface area is 105 Å². The molecule has 2 aromatic rings. The zero-order valence-electron chi connectivity index (χ0n) is 10.6. The molecule has 0 unspecified atom stereocenters. The molecule has 2 rings (SSSR count). The van der Waals surface area contributed by atoms with Gasteiger partial charge in [0.1, 0.15) is 11.5 Å². The van der Waals surface area contributed by atoms with Gasteiger partial charge < -0.3 is 11.1 Å². The van der Waals surface area contributed by atoms with Gasteiger partial charge in [0.25, 0.3) is 5.91 Å². The van der Waals surface area contributed by atoms with Gasteiger partial charge in [-0.05, 0) is 12.5 Å². The van der Waals surface area contributed by atoms with Gasteiger partial charge in [-0.25, -0.2) is 0 Å². The van der Waals surface area contributed by atoms with Gasteiger partial charge in [-0.15, -0.1) is 0 Å². The molecule has 0 aliphatic carbocycles. The average Bonchev–Trinajstić information content (AvgIpc) is 2.81. The number of anilines is 1. The molecule has 0 saturated heterocycles. The van der Waals surface area contributed by atoms with Crippen LogP contribution in [0.15, 0.2) is 12.3 Å². The lowest BCUT2D eigenvalue weighted by Crippen LogP contribution is -2.15. The van der Waals surface area contributed by atoms with Crippen molar-refractivity contribution in [1.29, 1.82) is 0 Å². The van der Waals surface area contributed by atoms with Crippen LogP contribution < -0.4 is 11.1 Å². The fourth-order valence-electron chi connectivity index (χ4n) is 1.78. The number of amides is 1. The third-order valence-corrected chi connectivity index (χ3v) is 2.84. The molecule has 2 heterocycles. The van der Waals surface area contributed by atoms with Crippen LogP contribution >= 0.6 is 0 Å². The van der Waals surface area contributed by atoms with Crippen molar-refractivity contribution in [2.75, 3.05) is 5.32 Å². The highest BCUT2D eigenvalue weighted by Gasteiger charge is 2.10. The minimum Gasteiger partial charge on any atom is -0.364 e. The van der Waals surface area contributed by atoms with Gasteiger partial charge in [0.15, 0.2) is 0 Å². The van der Waals surface area contributed by atoms with Crippen LogP contribution in [0.25, 0.3) is 0 Å². The number of nitrogens with zero attached hydrogens (tertiary/aromatic N) is 4. The Hall–Kier alpha value is -2.31. The molecule has 0 aliphatic rings. The fraction of sp³-hybridized carbons (Fsp3) is 0.364. The van der Waals surface area contributed by atoms with Gasteiger partial charge in [0.05, 0.1) is 18.4 Å². The van der Waals surface area contributed by atoms with Gasteiger partial charge >= 0.3 is 0 Å². The second-order valence-corrected chi connectivity index (χ2v) is 4.15. The molecule has 18 heavy (non-hydrogen) atoms. The van der Waals surface area contributed by atoms with E-state index < -0.39 is 5.91 Å². The van der Waals surface area contributed by atoms with Crippen molar-refractivity contribution in [3.8, 4) is 0 Å². The van der Waals surface area contributed by atoms with E-state index in [2.05, 4.69) is 15.5 Å². The van der Waals surface area contributed by atoms with Crippen molar-refractivity contribution in [3.63, 3.8) is 0 Å². The summed E-state index contributed by atoms with van der Waals surface area (Å²) in [7, 11) is 3.57. The highest BCUT2D eigenvalue weighted by Crippen LogP contribution is 2.11. The van der Waals surface area contributed by atoms with E-state index in [4.69, 9.17) is 5.73 Å². The normalized spacial score (nSPS) is 10.6. The molecule has 0 spiro atoms. The standard InChI is InChI=1S/C11H16N6O/c1-7-5-14-16(2)9(7)6-13-10-4-8(11(12)18)17(3)15-10/h4-5H,6H2,1-3H3,(H2,12,18)(H,13,15). The van der Waals surface area contributed by atoms with E-state index in [9.17, 15) is 4.79 Å². The van der Waals surface area contributed by atoms with E-state index in [0.29, 0.717) is 18.1 Å². The number of carbonyl (C=O) groups excluding carboxylic acids is 1. The van der Waals surface area contributed by atoms with Crippen molar-refractivity contribution in [2.24, 2.45) is 19.8 Å². The van der Waals surface area contributed by atoms with Gasteiger partial charge in [0, 0.05) is 20.2 Å². The summed E-state index contributed by atoms with van der Waals surface area (Å²) in [5.74, 6) is 0.127. The predicted octanol–water partition coefficient (Wildman–Crippen LogP) is 0.173. The largest absolute Gasteiger partial charge is 0.364 e. The molecular weight excluding hydrogens is 232 g/mol. The summed E-state index contributed by atoms with van der Waals surface area (Å²) in [4.78, 5) is 11.1. The van der Waals surface area contributed by atoms with Crippen LogP contribution in [-0.2, 0) is 20.6 Å². The second-order valence-electron chi connectivity index (χ2n) is 4.15. The molecule has 0 saturated carbocycles. The molecule has 96 valence electrons. The predicted molar refractivity (Wildman–Crippen MR) is 67.0 cm³/mol. The number of aryl methyl sites for hydroxylation is 3. The Bertz CT molecular complexity index is 563. The molecule has 0 aliphatic heterocycles. The zero-order chi connectivity index (χ0) is 13.3. The quantitative estimate of drug-likeness (QED) is 0.807. The van der Waals surface area contributed by atoms with Crippen LogP contribution in [-0.4, -0.2) is 25.5 Å². The number of rotatable bonds is 4. The highest BCUT2D eigenvalue weighted by molar-refractivity contribution is 5.91. The number of primary amides is 1. The third-order valence-electron chi connectivity index (χ3n) is 2.84. The Morgan fingerprint density at radius 1 is 1.44 bits per heavy atom. The number of hydrogen-bond donors (Lipinski definition) is 2. The fourth-order valence-corrected chi connectivity index (χ4v) is 1.78. The van der Waals surface area contributed by atoms with Crippen LogP contribution in [0.4, 0.5) is 5.82 Å². The first-order valence-electron chi connectivity index (χ1n) is 5.54. The molecule has 0 bridgehead atoms. The number of hydrogen-bond acceptors (Lipinski definition) is 4. The van der Waals surface area contributed by atoms with Crippen molar-refractivity contribution in [1.82, 2.24) is 19.6 Å². The van der Waals surface area contributed by atoms with Gasteiger partial charge in [-0.3, -0.25) is 14.2 Å². The zero-order valence-corrected chi connectivity index (χ0v) is 10.6. The SMILES string of the molecule is Cc1cnn(C)c1CNc1cc(C(N)=O)n(C)n1. The maximum atomic E-state index is 11.1. The lowest BCUT2D eigenvalue weighted by Gasteiger charge is -2.04. The Morgan fingerprint density at radius 2 is 2.17 bits per heavy atom. The van der Waals surface area contributed by atoms with Gasteiger partial charge in [0.2, 0.25) is 0 Å². The molecule has 0 fully saturated rings. The van der Waals surface area contributed by atoms with Crippen LogP contribution in [0.3, 0.4) is 0 Å². The summed E-state index contributed by atoms with van der Waals surface area (Å²) in [6.07, 6.45) is 1.81. The Kier molecular flexibility index (Phi) is 3.05. The summed E-state index contributed by atoms with van der Waals surface area (Å²) in [5.41, 5.74) is 7.78. The Balaban J connectivity index is 2.11. The topological polar surface area (TPSA) is 90.8 Å². The molecule has 0 aromatic carbocycles. The third kappa shape index (κ3) is 2.20. The summed E-state index contributed by atoms with van der Waals surface area (Å²) < 4.78 is 3.26. The van der Waals surface area contributed by atoms with Crippen LogP contribution in [0.2, 0.25) is 0 Å². The van der Waals surface area contributed by atoms with Crippen LogP contribution in [0.1, 0.15) is 21.7 Å². The van der Waals surface area contributed by atoms with E-state index in [1.807, 2.05) is 20.2 Å². The smallest absolute Gasteiger partial charge is 0.267 e. The first-order chi connectivity index (χ1) is 8.49. The minimum atomic E-state index is -0.491. The van der Waals surface area contributed by atoms with E-state index >= 15 is 0 Å². The number of nitrogens with one attached hydrogen (secondary N) is 1. The second kappa shape index (κ2) is 4.52. The molecular formula is C11H16N6O. The number of nitrogens with two attached hydrogens (primary N) is 1. The molecule has 2 aromatic heterocycles. The molecule has 0 radical (unpaired) electrons. The van der Waals surface area contributed by atoms with E-state index in [-0.39, 0.29) is 0 Å². The Morgan fingerprint density at radius 3 is 2.67 bits per heavy atom. The summed E-state index contributed by atoms with van der Waals surface area (Å²) in [6.45, 7) is 2.59. The van der Waals surface area contributed by atoms with Crippen LogP contribution in [0, 0.1) is 6.92 Å². The summed E-state index contributed by atoms with van der Waals surface area (Å²) in [5, 5.41) is 11.5. The first-order valence-corrected chi connectivity index (χ1v) is 5.54. The van der Waals surface area contributed by atoms with Crippen molar-refractivity contribution in [3.05, 3.63) is 29.2 Å². The number of carbonyl (C=O) groups is 1. The van der Waals surface area contributed by atoms with Crippen molar-refractivity contribution >= 4 is 11.7 Å². The molecule has 7 nitrogen and oxygen atoms in total. The first kappa shape index (κ1) is 12.2. The molecule has 7 heteroatoms. The van der Waals surface area contributed by atoms with E-state index in [1.54, 1.807) is 17.8 Å². The highest BCUT2D eigenvalue weighted by atomic mass is 16.1. The van der Waals surface area contributed by atoms with E-state index in [1.165, 1.54) is 4.68 Å². The number of aromatic nitrogens is 4. The van der Waals surface area contributed by atoms with E-state index in [0.717, 1.165) is 11.3 Å². The molecule has 3 N–H and O–H groups in total.